The van der Waals surface area contributed by atoms with E-state index in [1.807, 2.05) is 0 Å². The molecule has 35 heavy (non-hydrogen) atoms. The molecule has 2 aromatic carbocycles. The van der Waals surface area contributed by atoms with E-state index in [0.717, 1.165) is 71.0 Å². The molecule has 8 nitrogen and oxygen atoms in total. The van der Waals surface area contributed by atoms with E-state index in [-0.39, 0.29) is 4.90 Å². The molecule has 0 spiro atoms. The molecule has 3 rings (SSSR count). The average molecular weight is 503 g/mol. The van der Waals surface area contributed by atoms with Crippen LogP contribution in [0.3, 0.4) is 0 Å². The number of nitrogens with one attached hydrogen (secondary N) is 1. The Morgan fingerprint density at radius 3 is 2.40 bits per heavy atom. The molecule has 1 aliphatic rings. The van der Waals surface area contributed by atoms with Gasteiger partial charge < -0.3 is 14.4 Å². The van der Waals surface area contributed by atoms with Gasteiger partial charge in [0.25, 0.3) is 10.0 Å². The second-order valence-corrected chi connectivity index (χ2v) is 10.1. The fourth-order valence-corrected chi connectivity index (χ4v) is 4.84. The van der Waals surface area contributed by atoms with Crippen molar-refractivity contribution in [3.63, 3.8) is 0 Å². The minimum absolute atomic E-state index is 0.210. The summed E-state index contributed by atoms with van der Waals surface area (Å²) >= 11 is 0. The number of rotatable bonds is 14. The van der Waals surface area contributed by atoms with Gasteiger partial charge >= 0.3 is 0 Å². The lowest BCUT2D eigenvalue weighted by Gasteiger charge is -2.26. The average Bonchev–Trinajstić information content (AvgIpc) is 2.88. The third-order valence-corrected chi connectivity index (χ3v) is 7.37. The van der Waals surface area contributed by atoms with Crippen LogP contribution in [0.5, 0.6) is 5.75 Å². The zero-order valence-corrected chi connectivity index (χ0v) is 21.7. The summed E-state index contributed by atoms with van der Waals surface area (Å²) in [6.45, 7) is 13.0. The molecule has 0 saturated carbocycles. The zero-order valence-electron chi connectivity index (χ0n) is 20.9. The van der Waals surface area contributed by atoms with E-state index in [1.54, 1.807) is 54.7 Å². The number of benzene rings is 2. The molecular formula is C26H38N4O4S. The fourth-order valence-electron chi connectivity index (χ4n) is 3.78. The van der Waals surface area contributed by atoms with Crippen molar-refractivity contribution in [1.82, 2.24) is 9.80 Å². The number of hydrogen-bond donors (Lipinski definition) is 1. The van der Waals surface area contributed by atoms with Crippen molar-refractivity contribution >= 4 is 21.9 Å². The van der Waals surface area contributed by atoms with Gasteiger partial charge in [-0.3, -0.25) is 14.6 Å². The van der Waals surface area contributed by atoms with Crippen molar-refractivity contribution in [2.45, 2.75) is 25.2 Å². The highest BCUT2D eigenvalue weighted by Crippen LogP contribution is 2.20. The van der Waals surface area contributed by atoms with Gasteiger partial charge in [-0.1, -0.05) is 26.0 Å². The van der Waals surface area contributed by atoms with Gasteiger partial charge in [-0.15, -0.1) is 0 Å². The predicted octanol–water partition coefficient (Wildman–Crippen LogP) is 3.35. The van der Waals surface area contributed by atoms with Crippen molar-refractivity contribution in [2.24, 2.45) is 4.99 Å². The number of nitrogens with zero attached hydrogens (tertiary/aromatic N) is 3. The fraction of sp³-hybridized carbons (Fsp3) is 0.500. The van der Waals surface area contributed by atoms with Gasteiger partial charge in [-0.05, 0) is 61.5 Å². The third-order valence-electron chi connectivity index (χ3n) is 5.97. The molecule has 192 valence electrons. The largest absolute Gasteiger partial charge is 0.492 e. The van der Waals surface area contributed by atoms with Gasteiger partial charge in [0.05, 0.1) is 18.1 Å². The highest BCUT2D eigenvalue weighted by Gasteiger charge is 2.14. The number of likely N-dealkylation sites (N-methyl/N-ethyl adjacent to an activating group) is 1. The van der Waals surface area contributed by atoms with E-state index in [1.165, 1.54) is 0 Å². The molecule has 0 bridgehead atoms. The lowest BCUT2D eigenvalue weighted by Crippen LogP contribution is -2.37. The Morgan fingerprint density at radius 2 is 1.74 bits per heavy atom. The lowest BCUT2D eigenvalue weighted by atomic mass is 10.2. The van der Waals surface area contributed by atoms with Crippen LogP contribution in [0, 0.1) is 0 Å². The molecular weight excluding hydrogens is 464 g/mol. The zero-order chi connectivity index (χ0) is 24.9. The molecule has 1 N–H and O–H groups in total. The van der Waals surface area contributed by atoms with Gasteiger partial charge in [0.15, 0.2) is 0 Å². The monoisotopic (exact) mass is 502 g/mol. The molecule has 9 heteroatoms. The molecule has 1 aliphatic heterocycles. The summed E-state index contributed by atoms with van der Waals surface area (Å²) in [6, 6.07) is 13.7. The molecule has 0 aliphatic carbocycles. The Kier molecular flexibility index (Phi) is 11.0. The summed E-state index contributed by atoms with van der Waals surface area (Å²) in [5, 5.41) is 0. The maximum absolute atomic E-state index is 12.8. The van der Waals surface area contributed by atoms with Crippen molar-refractivity contribution < 1.29 is 17.9 Å². The Labute approximate surface area is 210 Å². The molecule has 0 radical (unpaired) electrons. The Bertz CT molecular complexity index is 1000. The molecule has 1 heterocycles. The van der Waals surface area contributed by atoms with E-state index in [4.69, 9.17) is 9.47 Å². The van der Waals surface area contributed by atoms with Crippen molar-refractivity contribution in [2.75, 3.05) is 70.4 Å². The topological polar surface area (TPSA) is 83.5 Å². The molecule has 1 fully saturated rings. The first-order chi connectivity index (χ1) is 17.0. The van der Waals surface area contributed by atoms with Crippen LogP contribution in [0.1, 0.15) is 25.8 Å². The molecule has 0 unspecified atom stereocenters. The first kappa shape index (κ1) is 27.1. The molecule has 0 atom stereocenters. The number of ether oxygens (including phenoxy) is 2. The van der Waals surface area contributed by atoms with Crippen LogP contribution in [0.4, 0.5) is 5.69 Å². The van der Waals surface area contributed by atoms with Crippen LogP contribution in [-0.2, 0) is 14.8 Å². The normalized spacial score (nSPS) is 15.1. The maximum Gasteiger partial charge on any atom is 0.261 e. The summed E-state index contributed by atoms with van der Waals surface area (Å²) < 4.78 is 39.3. The van der Waals surface area contributed by atoms with Gasteiger partial charge in [0, 0.05) is 44.6 Å². The summed E-state index contributed by atoms with van der Waals surface area (Å²) in [6.07, 6.45) is 2.79. The molecule has 0 amide bonds. The Morgan fingerprint density at radius 1 is 1.06 bits per heavy atom. The van der Waals surface area contributed by atoms with Crippen LogP contribution in [0.25, 0.3) is 0 Å². The second kappa shape index (κ2) is 14.2. The quantitative estimate of drug-likeness (QED) is 0.315. The van der Waals surface area contributed by atoms with Crippen LogP contribution in [-0.4, -0.2) is 90.1 Å². The predicted molar refractivity (Wildman–Crippen MR) is 141 cm³/mol. The Hall–Kier alpha value is -2.46. The van der Waals surface area contributed by atoms with E-state index in [2.05, 4.69) is 33.4 Å². The maximum atomic E-state index is 12.8. The van der Waals surface area contributed by atoms with E-state index in [0.29, 0.717) is 18.0 Å². The summed E-state index contributed by atoms with van der Waals surface area (Å²) in [4.78, 5) is 9.35. The van der Waals surface area contributed by atoms with E-state index >= 15 is 0 Å². The van der Waals surface area contributed by atoms with Crippen LogP contribution in [0.15, 0.2) is 58.4 Å². The SMILES string of the molecule is CCN(CC)CCOc1ccc(NS(=O)(=O)c2ccc(/C=N\CCCN3CCOCC3)cc2)cc1. The summed E-state index contributed by atoms with van der Waals surface area (Å²) in [5.74, 6) is 0.716. The minimum Gasteiger partial charge on any atom is -0.492 e. The van der Waals surface area contributed by atoms with Gasteiger partial charge in [-0.25, -0.2) is 8.42 Å². The van der Waals surface area contributed by atoms with Gasteiger partial charge in [0.1, 0.15) is 12.4 Å². The number of morpholine rings is 1. The summed E-state index contributed by atoms with van der Waals surface area (Å²) in [7, 11) is -3.68. The highest BCUT2D eigenvalue weighted by atomic mass is 32.2. The molecule has 2 aromatic rings. The first-order valence-corrected chi connectivity index (χ1v) is 13.9. The third kappa shape index (κ3) is 9.25. The Balaban J connectivity index is 1.45. The van der Waals surface area contributed by atoms with Crippen molar-refractivity contribution in [1.29, 1.82) is 0 Å². The van der Waals surface area contributed by atoms with E-state index < -0.39 is 10.0 Å². The smallest absolute Gasteiger partial charge is 0.261 e. The molecule has 1 saturated heterocycles. The number of aliphatic imine (C=N–C) groups is 1. The summed E-state index contributed by atoms with van der Waals surface area (Å²) in [5.41, 5.74) is 1.37. The highest BCUT2D eigenvalue weighted by molar-refractivity contribution is 7.92. The van der Waals surface area contributed by atoms with E-state index in [9.17, 15) is 8.42 Å². The number of anilines is 1. The van der Waals surface area contributed by atoms with Gasteiger partial charge in [-0.2, -0.15) is 0 Å². The van der Waals surface area contributed by atoms with Crippen LogP contribution in [0.2, 0.25) is 0 Å². The van der Waals surface area contributed by atoms with Crippen LogP contribution >= 0.6 is 0 Å². The second-order valence-electron chi connectivity index (χ2n) is 8.42. The molecule has 0 aromatic heterocycles. The van der Waals surface area contributed by atoms with Crippen molar-refractivity contribution in [3.8, 4) is 5.75 Å². The van der Waals surface area contributed by atoms with Crippen LogP contribution < -0.4 is 9.46 Å². The first-order valence-electron chi connectivity index (χ1n) is 12.4. The number of sulfonamides is 1. The lowest BCUT2D eigenvalue weighted by molar-refractivity contribution is 0.0377. The van der Waals surface area contributed by atoms with Crippen molar-refractivity contribution in [3.05, 3.63) is 54.1 Å². The number of hydrogen-bond acceptors (Lipinski definition) is 7. The van der Waals surface area contributed by atoms with Gasteiger partial charge in [0.2, 0.25) is 0 Å². The standard InChI is InChI=1S/C26H38N4O4S/c1-3-29(4-2)18-21-34-25-10-8-24(9-11-25)28-35(31,32)26-12-6-23(7-13-26)22-27-14-5-15-30-16-19-33-20-17-30/h6-13,22,28H,3-5,14-21H2,1-2H3/b27-22-. The minimum atomic E-state index is -3.68.